The second-order valence-electron chi connectivity index (χ2n) is 8.26. The molecule has 1 saturated heterocycles. The fourth-order valence-corrected chi connectivity index (χ4v) is 4.65. The van der Waals surface area contributed by atoms with Crippen molar-refractivity contribution in [3.8, 4) is 11.5 Å². The number of oxazole rings is 1. The Labute approximate surface area is 171 Å². The van der Waals surface area contributed by atoms with Crippen molar-refractivity contribution in [2.45, 2.75) is 57.1 Å². The highest BCUT2D eigenvalue weighted by atomic mass is 32.2. The summed E-state index contributed by atoms with van der Waals surface area (Å²) < 4.78 is 10.6. The summed E-state index contributed by atoms with van der Waals surface area (Å²) in [6.45, 7) is 11.2. The first kappa shape index (κ1) is 20.9. The normalized spacial score (nSPS) is 16.3. The minimum atomic E-state index is -0.343. The molecule has 3 rings (SSSR count). The highest BCUT2D eigenvalue weighted by molar-refractivity contribution is 7.99. The van der Waals surface area contributed by atoms with Crippen molar-refractivity contribution in [1.29, 1.82) is 0 Å². The molecule has 0 bridgehead atoms. The second kappa shape index (κ2) is 8.70. The number of methoxy groups -OCH3 is 1. The van der Waals surface area contributed by atoms with E-state index in [-0.39, 0.29) is 11.5 Å². The number of thioether (sulfide) groups is 1. The van der Waals surface area contributed by atoms with Crippen LogP contribution in [0.5, 0.6) is 0 Å². The van der Waals surface area contributed by atoms with Gasteiger partial charge >= 0.3 is 5.97 Å². The molecule has 2 heterocycles. The fraction of sp³-hybridized carbons (Fsp3) is 0.545. The van der Waals surface area contributed by atoms with Gasteiger partial charge in [0.25, 0.3) is 0 Å². The van der Waals surface area contributed by atoms with Crippen molar-refractivity contribution < 1.29 is 13.9 Å². The minimum absolute atomic E-state index is 0.261. The van der Waals surface area contributed by atoms with E-state index < -0.39 is 0 Å². The third-order valence-corrected chi connectivity index (χ3v) is 6.67. The van der Waals surface area contributed by atoms with E-state index in [1.165, 1.54) is 20.0 Å². The highest BCUT2D eigenvalue weighted by Gasteiger charge is 2.27. The smallest absolute Gasteiger partial charge is 0.337 e. The lowest BCUT2D eigenvalue weighted by molar-refractivity contribution is 0.0600. The molecule has 0 atom stereocenters. The van der Waals surface area contributed by atoms with Crippen LogP contribution in [0.4, 0.5) is 0 Å². The van der Waals surface area contributed by atoms with Gasteiger partial charge in [-0.3, -0.25) is 4.90 Å². The molecule has 0 aliphatic carbocycles. The van der Waals surface area contributed by atoms with Gasteiger partial charge in [-0.05, 0) is 77.9 Å². The van der Waals surface area contributed by atoms with Gasteiger partial charge in [0.2, 0.25) is 5.89 Å². The van der Waals surface area contributed by atoms with Crippen molar-refractivity contribution >= 4 is 17.7 Å². The minimum Gasteiger partial charge on any atom is -0.465 e. The number of ether oxygens (including phenoxy) is 1. The number of hydrogen-bond acceptors (Lipinski definition) is 6. The summed E-state index contributed by atoms with van der Waals surface area (Å²) in [5.74, 6) is 2.00. The van der Waals surface area contributed by atoms with E-state index in [4.69, 9.17) is 14.1 Å². The van der Waals surface area contributed by atoms with Crippen LogP contribution in [-0.2, 0) is 10.5 Å². The molecule has 0 saturated carbocycles. The summed E-state index contributed by atoms with van der Waals surface area (Å²) in [4.78, 5) is 18.8. The molecule has 152 valence electrons. The Kier molecular flexibility index (Phi) is 6.50. The zero-order chi connectivity index (χ0) is 20.3. The van der Waals surface area contributed by atoms with E-state index in [1.54, 1.807) is 12.1 Å². The van der Waals surface area contributed by atoms with E-state index >= 15 is 0 Å². The van der Waals surface area contributed by atoms with Crippen LogP contribution >= 0.6 is 11.8 Å². The number of carbonyl (C=O) groups excluding carboxylic acids is 1. The maximum absolute atomic E-state index is 11.6. The topological polar surface area (TPSA) is 55.6 Å². The van der Waals surface area contributed by atoms with Gasteiger partial charge in [-0.1, -0.05) is 0 Å². The first-order chi connectivity index (χ1) is 13.3. The SMILES string of the molecule is COC(=O)c1ccc(-c2nc(CSC3CCN(C(C)(C)C)CC3)c(C)o2)cc1. The summed E-state index contributed by atoms with van der Waals surface area (Å²) in [5.41, 5.74) is 2.66. The van der Waals surface area contributed by atoms with Crippen LogP contribution in [0.3, 0.4) is 0 Å². The van der Waals surface area contributed by atoms with Gasteiger partial charge in [0, 0.05) is 22.1 Å². The average Bonchev–Trinajstić information content (AvgIpc) is 3.06. The number of carbonyl (C=O) groups is 1. The summed E-state index contributed by atoms with van der Waals surface area (Å²) in [6, 6.07) is 7.16. The molecule has 1 aliphatic heterocycles. The number of aromatic nitrogens is 1. The van der Waals surface area contributed by atoms with Crippen LogP contribution in [0.1, 0.15) is 55.4 Å². The Hall–Kier alpha value is -1.79. The van der Waals surface area contributed by atoms with Gasteiger partial charge in [-0.2, -0.15) is 11.8 Å². The van der Waals surface area contributed by atoms with E-state index in [9.17, 15) is 4.79 Å². The Balaban J connectivity index is 1.58. The monoisotopic (exact) mass is 402 g/mol. The number of hydrogen-bond donors (Lipinski definition) is 0. The summed E-state index contributed by atoms with van der Waals surface area (Å²) in [7, 11) is 1.38. The molecule has 0 spiro atoms. The van der Waals surface area contributed by atoms with Crippen molar-refractivity contribution in [2.24, 2.45) is 0 Å². The van der Waals surface area contributed by atoms with Gasteiger partial charge in [0.1, 0.15) is 5.76 Å². The zero-order valence-electron chi connectivity index (χ0n) is 17.4. The molecule has 0 N–H and O–H groups in total. The quantitative estimate of drug-likeness (QED) is 0.661. The molecule has 28 heavy (non-hydrogen) atoms. The van der Waals surface area contributed by atoms with E-state index in [1.807, 2.05) is 30.8 Å². The van der Waals surface area contributed by atoms with Crippen molar-refractivity contribution in [3.05, 3.63) is 41.3 Å². The number of rotatable bonds is 5. The molecular formula is C22H30N2O3S. The summed E-state index contributed by atoms with van der Waals surface area (Å²) >= 11 is 1.98. The molecule has 1 aliphatic rings. The van der Waals surface area contributed by atoms with Crippen molar-refractivity contribution in [2.75, 3.05) is 20.2 Å². The number of benzene rings is 1. The third-order valence-electron chi connectivity index (χ3n) is 5.29. The predicted molar refractivity (Wildman–Crippen MR) is 114 cm³/mol. The highest BCUT2D eigenvalue weighted by Crippen LogP contribution is 2.31. The Morgan fingerprint density at radius 2 is 1.89 bits per heavy atom. The Morgan fingerprint density at radius 3 is 2.46 bits per heavy atom. The van der Waals surface area contributed by atoms with Crippen LogP contribution < -0.4 is 0 Å². The zero-order valence-corrected chi connectivity index (χ0v) is 18.3. The fourth-order valence-electron chi connectivity index (χ4n) is 3.44. The number of esters is 1. The number of aryl methyl sites for hydroxylation is 1. The second-order valence-corrected chi connectivity index (χ2v) is 9.55. The van der Waals surface area contributed by atoms with Crippen molar-refractivity contribution in [1.82, 2.24) is 9.88 Å². The third kappa shape index (κ3) is 4.97. The van der Waals surface area contributed by atoms with Gasteiger partial charge in [0.05, 0.1) is 18.4 Å². The van der Waals surface area contributed by atoms with Crippen LogP contribution in [0.2, 0.25) is 0 Å². The van der Waals surface area contributed by atoms with Crippen LogP contribution in [-0.4, -0.2) is 46.8 Å². The molecule has 1 aromatic heterocycles. The maximum Gasteiger partial charge on any atom is 0.337 e. The van der Waals surface area contributed by atoms with E-state index in [0.29, 0.717) is 16.7 Å². The molecule has 0 radical (unpaired) electrons. The number of piperidine rings is 1. The molecule has 5 nitrogen and oxygen atoms in total. The van der Waals surface area contributed by atoms with E-state index in [2.05, 4.69) is 25.7 Å². The van der Waals surface area contributed by atoms with Crippen LogP contribution in [0.15, 0.2) is 28.7 Å². The van der Waals surface area contributed by atoms with Crippen LogP contribution in [0.25, 0.3) is 11.5 Å². The summed E-state index contributed by atoms with van der Waals surface area (Å²) in [5, 5.41) is 0.678. The van der Waals surface area contributed by atoms with Gasteiger partial charge in [0.15, 0.2) is 0 Å². The van der Waals surface area contributed by atoms with Crippen LogP contribution in [0, 0.1) is 6.92 Å². The average molecular weight is 403 g/mol. The Bertz CT molecular complexity index is 800. The maximum atomic E-state index is 11.6. The molecule has 0 unspecified atom stereocenters. The molecule has 1 aromatic carbocycles. The lowest BCUT2D eigenvalue weighted by Crippen LogP contribution is -2.46. The largest absolute Gasteiger partial charge is 0.465 e. The van der Waals surface area contributed by atoms with Gasteiger partial charge in [-0.25, -0.2) is 9.78 Å². The van der Waals surface area contributed by atoms with E-state index in [0.717, 1.165) is 35.9 Å². The lowest BCUT2D eigenvalue weighted by atomic mass is 10.0. The van der Waals surface area contributed by atoms with Gasteiger partial charge in [-0.15, -0.1) is 0 Å². The molecule has 1 fully saturated rings. The number of nitrogens with zero attached hydrogens (tertiary/aromatic N) is 2. The van der Waals surface area contributed by atoms with Crippen molar-refractivity contribution in [3.63, 3.8) is 0 Å². The van der Waals surface area contributed by atoms with Gasteiger partial charge < -0.3 is 9.15 Å². The molecule has 6 heteroatoms. The molecule has 2 aromatic rings. The first-order valence-corrected chi connectivity index (χ1v) is 10.8. The molecular weight excluding hydrogens is 372 g/mol. The first-order valence-electron chi connectivity index (χ1n) is 9.79. The summed E-state index contributed by atoms with van der Waals surface area (Å²) in [6.07, 6.45) is 2.45. The standard InChI is InChI=1S/C22H30N2O3S/c1-15-19(14-28-18-10-12-24(13-11-18)22(2,3)4)23-20(27-15)16-6-8-17(9-7-16)21(25)26-5/h6-9,18H,10-14H2,1-5H3. The molecule has 0 amide bonds. The lowest BCUT2D eigenvalue weighted by Gasteiger charge is -2.40. The predicted octanol–water partition coefficient (Wildman–Crippen LogP) is 4.93. The number of likely N-dealkylation sites (tertiary alicyclic amines) is 1. The Morgan fingerprint density at radius 1 is 1.25 bits per heavy atom.